The van der Waals surface area contributed by atoms with Crippen molar-refractivity contribution in [3.63, 3.8) is 0 Å². The molecule has 0 radical (unpaired) electrons. The highest BCUT2D eigenvalue weighted by Crippen LogP contribution is 2.20. The van der Waals surface area contributed by atoms with Crippen molar-refractivity contribution in [1.82, 2.24) is 10.2 Å². The summed E-state index contributed by atoms with van der Waals surface area (Å²) in [5.41, 5.74) is 1.51. The molecule has 0 aliphatic heterocycles. The molecule has 6 nitrogen and oxygen atoms in total. The van der Waals surface area contributed by atoms with E-state index in [4.69, 9.17) is 9.47 Å². The summed E-state index contributed by atoms with van der Waals surface area (Å²) in [6.07, 6.45) is 1.18. The number of H-pyrrole nitrogens is 1. The van der Waals surface area contributed by atoms with Crippen molar-refractivity contribution in [1.29, 1.82) is 0 Å². The topological polar surface area (TPSA) is 76.2 Å². The van der Waals surface area contributed by atoms with E-state index in [2.05, 4.69) is 15.5 Å². The maximum absolute atomic E-state index is 12.0. The summed E-state index contributed by atoms with van der Waals surface area (Å²) < 4.78 is 10.6. The average Bonchev–Trinajstić information content (AvgIpc) is 2.93. The smallest absolute Gasteiger partial charge is 0.253 e. The van der Waals surface area contributed by atoms with Gasteiger partial charge in [0.1, 0.15) is 6.10 Å². The van der Waals surface area contributed by atoms with Crippen LogP contribution in [0.5, 0.6) is 0 Å². The van der Waals surface area contributed by atoms with Crippen LogP contribution in [0.3, 0.4) is 0 Å². The van der Waals surface area contributed by atoms with Crippen LogP contribution in [0.4, 0.5) is 5.69 Å². The van der Waals surface area contributed by atoms with Gasteiger partial charge in [-0.3, -0.25) is 9.89 Å². The van der Waals surface area contributed by atoms with Gasteiger partial charge in [0.05, 0.1) is 30.6 Å². The fourth-order valence-electron chi connectivity index (χ4n) is 1.81. The van der Waals surface area contributed by atoms with Gasteiger partial charge in [-0.05, 0) is 19.9 Å². The van der Waals surface area contributed by atoms with Crippen LogP contribution in [0.1, 0.15) is 13.8 Å². The Balaban J connectivity index is 1.92. The number of nitrogens with zero attached hydrogens (tertiary/aromatic N) is 1. The number of carbonyl (C=O) groups excluding carboxylic acids is 1. The molecule has 0 aliphatic carbocycles. The van der Waals surface area contributed by atoms with Crippen LogP contribution in [0.15, 0.2) is 24.4 Å². The normalized spacial score (nSPS) is 12.5. The Kier molecular flexibility index (Phi) is 5.09. The molecule has 2 rings (SSSR count). The van der Waals surface area contributed by atoms with E-state index in [0.717, 1.165) is 10.9 Å². The minimum Gasteiger partial charge on any atom is -0.379 e. The van der Waals surface area contributed by atoms with Crippen molar-refractivity contribution in [2.45, 2.75) is 20.0 Å². The van der Waals surface area contributed by atoms with Crippen molar-refractivity contribution in [3.05, 3.63) is 24.4 Å². The molecule has 2 aromatic rings. The first-order valence-corrected chi connectivity index (χ1v) is 6.64. The first kappa shape index (κ1) is 14.5. The van der Waals surface area contributed by atoms with Crippen molar-refractivity contribution in [3.8, 4) is 0 Å². The summed E-state index contributed by atoms with van der Waals surface area (Å²) in [6.45, 7) is 5.17. The zero-order valence-electron chi connectivity index (χ0n) is 11.7. The first-order chi connectivity index (χ1) is 9.72. The van der Waals surface area contributed by atoms with Crippen molar-refractivity contribution >= 4 is 22.5 Å². The van der Waals surface area contributed by atoms with Gasteiger partial charge in [-0.25, -0.2) is 0 Å². The summed E-state index contributed by atoms with van der Waals surface area (Å²) in [4.78, 5) is 12.0. The Bertz CT molecular complexity index is 568. The zero-order chi connectivity index (χ0) is 14.4. The molecule has 0 unspecified atom stereocenters. The van der Waals surface area contributed by atoms with E-state index in [-0.39, 0.29) is 5.91 Å². The van der Waals surface area contributed by atoms with Crippen LogP contribution >= 0.6 is 0 Å². The van der Waals surface area contributed by atoms with Gasteiger partial charge in [0.15, 0.2) is 0 Å². The van der Waals surface area contributed by atoms with E-state index >= 15 is 0 Å². The molecule has 2 N–H and O–H groups in total. The quantitative estimate of drug-likeness (QED) is 0.758. The first-order valence-electron chi connectivity index (χ1n) is 6.64. The number of amides is 1. The van der Waals surface area contributed by atoms with Gasteiger partial charge in [0.2, 0.25) is 0 Å². The lowest BCUT2D eigenvalue weighted by Gasteiger charge is -2.13. The molecule has 1 aromatic heterocycles. The number of rotatable bonds is 7. The van der Waals surface area contributed by atoms with Crippen LogP contribution < -0.4 is 5.32 Å². The summed E-state index contributed by atoms with van der Waals surface area (Å²) in [7, 11) is 0. The Morgan fingerprint density at radius 2 is 2.30 bits per heavy atom. The number of anilines is 1. The van der Waals surface area contributed by atoms with E-state index in [9.17, 15) is 4.79 Å². The summed E-state index contributed by atoms with van der Waals surface area (Å²) >= 11 is 0. The molecule has 0 fully saturated rings. The third-order valence-electron chi connectivity index (χ3n) is 2.90. The Labute approximate surface area is 117 Å². The predicted molar refractivity (Wildman–Crippen MR) is 76.6 cm³/mol. The number of hydrogen-bond donors (Lipinski definition) is 2. The maximum atomic E-state index is 12.0. The van der Waals surface area contributed by atoms with Gasteiger partial charge in [-0.15, -0.1) is 0 Å². The number of aromatic nitrogens is 2. The third-order valence-corrected chi connectivity index (χ3v) is 2.90. The highest BCUT2D eigenvalue weighted by atomic mass is 16.5. The van der Waals surface area contributed by atoms with Gasteiger partial charge in [0.25, 0.3) is 5.91 Å². The van der Waals surface area contributed by atoms with Crippen LogP contribution in [0, 0.1) is 0 Å². The van der Waals surface area contributed by atoms with Crippen LogP contribution in [0.25, 0.3) is 10.9 Å². The number of hydrogen-bond acceptors (Lipinski definition) is 4. The lowest BCUT2D eigenvalue weighted by atomic mass is 10.2. The predicted octanol–water partition coefficient (Wildman–Crippen LogP) is 1.94. The van der Waals surface area contributed by atoms with Gasteiger partial charge >= 0.3 is 0 Å². The Morgan fingerprint density at radius 3 is 3.10 bits per heavy atom. The van der Waals surface area contributed by atoms with Gasteiger partial charge in [0, 0.05) is 12.0 Å². The molecule has 0 saturated heterocycles. The molecule has 1 amide bonds. The minimum absolute atomic E-state index is 0.191. The number of aromatic amines is 1. The number of carbonyl (C=O) groups is 1. The van der Waals surface area contributed by atoms with E-state index in [0.29, 0.717) is 25.5 Å². The zero-order valence-corrected chi connectivity index (χ0v) is 11.7. The SMILES string of the molecule is CCOCCO[C@@H](C)C(=O)Nc1cccc2cn[nH]c12. The van der Waals surface area contributed by atoms with Gasteiger partial charge < -0.3 is 14.8 Å². The molecular weight excluding hydrogens is 258 g/mol. The summed E-state index contributed by atoms with van der Waals surface area (Å²) in [5, 5.41) is 10.6. The van der Waals surface area contributed by atoms with Crippen LogP contribution in [-0.4, -0.2) is 42.0 Å². The average molecular weight is 277 g/mol. The number of fused-ring (bicyclic) bond motifs is 1. The largest absolute Gasteiger partial charge is 0.379 e. The monoisotopic (exact) mass is 277 g/mol. The highest BCUT2D eigenvalue weighted by Gasteiger charge is 2.14. The number of benzene rings is 1. The molecule has 1 atom stereocenters. The van der Waals surface area contributed by atoms with Gasteiger partial charge in [-0.2, -0.15) is 5.10 Å². The standard InChI is InChI=1S/C14H19N3O3/c1-3-19-7-8-20-10(2)14(18)16-12-6-4-5-11-9-15-17-13(11)12/h4-6,9-10H,3,7-8H2,1-2H3,(H,15,17)(H,16,18)/t10-/m0/s1. The Morgan fingerprint density at radius 1 is 1.45 bits per heavy atom. The van der Waals surface area contributed by atoms with Crippen molar-refractivity contribution < 1.29 is 14.3 Å². The Hall–Kier alpha value is -1.92. The van der Waals surface area contributed by atoms with Crippen molar-refractivity contribution in [2.75, 3.05) is 25.1 Å². The van der Waals surface area contributed by atoms with E-state index in [1.807, 2.05) is 25.1 Å². The van der Waals surface area contributed by atoms with E-state index in [1.165, 1.54) is 0 Å². The molecule has 0 aliphatic rings. The summed E-state index contributed by atoms with van der Waals surface area (Å²) in [5.74, 6) is -0.191. The van der Waals surface area contributed by atoms with Crippen molar-refractivity contribution in [2.24, 2.45) is 0 Å². The molecule has 6 heteroatoms. The number of nitrogens with one attached hydrogen (secondary N) is 2. The molecule has 0 spiro atoms. The minimum atomic E-state index is -0.534. The van der Waals surface area contributed by atoms with Crippen LogP contribution in [0.2, 0.25) is 0 Å². The molecule has 0 bridgehead atoms. The second-order valence-corrected chi connectivity index (χ2v) is 4.34. The lowest BCUT2D eigenvalue weighted by molar-refractivity contribution is -0.127. The maximum Gasteiger partial charge on any atom is 0.253 e. The molecule has 108 valence electrons. The highest BCUT2D eigenvalue weighted by molar-refractivity contribution is 6.01. The van der Waals surface area contributed by atoms with E-state index in [1.54, 1.807) is 13.1 Å². The van der Waals surface area contributed by atoms with Gasteiger partial charge in [-0.1, -0.05) is 12.1 Å². The second kappa shape index (κ2) is 7.02. The molecule has 1 heterocycles. The summed E-state index contributed by atoms with van der Waals surface area (Å²) in [6, 6.07) is 5.62. The fourth-order valence-corrected chi connectivity index (χ4v) is 1.81. The number of ether oxygens (including phenoxy) is 2. The number of para-hydroxylation sites is 1. The van der Waals surface area contributed by atoms with E-state index < -0.39 is 6.10 Å². The molecule has 1 aromatic carbocycles. The van der Waals surface area contributed by atoms with Crippen LogP contribution in [-0.2, 0) is 14.3 Å². The second-order valence-electron chi connectivity index (χ2n) is 4.34. The third kappa shape index (κ3) is 3.55. The molecule has 0 saturated carbocycles. The molecule has 20 heavy (non-hydrogen) atoms. The lowest BCUT2D eigenvalue weighted by Crippen LogP contribution is -2.29. The fraction of sp³-hybridized carbons (Fsp3) is 0.429. The molecular formula is C14H19N3O3.